The number of carbonyl (C=O) groups excluding carboxylic acids is 2. The van der Waals surface area contributed by atoms with E-state index in [1.54, 1.807) is 0 Å². The number of hydrogen-bond donors (Lipinski definition) is 8. The summed E-state index contributed by atoms with van der Waals surface area (Å²) in [5, 5.41) is 23.6. The van der Waals surface area contributed by atoms with Crippen LogP contribution in [0, 0.1) is 11.3 Å². The van der Waals surface area contributed by atoms with Crippen molar-refractivity contribution in [3.05, 3.63) is 0 Å². The van der Waals surface area contributed by atoms with E-state index in [9.17, 15) is 14.4 Å². The highest BCUT2D eigenvalue weighted by Gasteiger charge is 2.27. The standard InChI is InChI=1S/C15H30N6O4S/c1-8(2)6-10(13(23)21-11(7-26)14(24)25)20-12(22)9(16)4-3-5-19-15(17)18/h8-11,26H,3-7,16H2,1-2H3,(H,20,22)(H,21,23)(H,24,25)(H4,17,18,19)/t9-,10-,11+/m0/s1. The Kier molecular flexibility index (Phi) is 11.4. The minimum absolute atomic E-state index is 0.0634. The molecule has 0 spiro atoms. The molecule has 0 rings (SSSR count). The van der Waals surface area contributed by atoms with Crippen molar-refractivity contribution >= 4 is 36.4 Å². The number of guanidine groups is 1. The summed E-state index contributed by atoms with van der Waals surface area (Å²) in [5.41, 5.74) is 11.0. The summed E-state index contributed by atoms with van der Waals surface area (Å²) in [6, 6.07) is -2.85. The number of aliphatic carboxylic acids is 1. The van der Waals surface area contributed by atoms with Gasteiger partial charge in [0.15, 0.2) is 5.96 Å². The molecular formula is C15H30N6O4S. The monoisotopic (exact) mass is 390 g/mol. The zero-order valence-electron chi connectivity index (χ0n) is 15.1. The van der Waals surface area contributed by atoms with Gasteiger partial charge in [0.1, 0.15) is 12.1 Å². The summed E-state index contributed by atoms with van der Waals surface area (Å²) in [7, 11) is 0. The first-order chi connectivity index (χ1) is 12.1. The molecule has 2 amide bonds. The lowest BCUT2D eigenvalue weighted by Gasteiger charge is -2.23. The van der Waals surface area contributed by atoms with Gasteiger partial charge in [-0.2, -0.15) is 12.6 Å². The lowest BCUT2D eigenvalue weighted by Crippen LogP contribution is -2.55. The molecule has 0 unspecified atom stereocenters. The number of rotatable bonds is 12. The first-order valence-electron chi connectivity index (χ1n) is 8.36. The van der Waals surface area contributed by atoms with E-state index in [1.165, 1.54) is 0 Å². The van der Waals surface area contributed by atoms with Gasteiger partial charge in [0.2, 0.25) is 11.8 Å². The maximum atomic E-state index is 12.3. The van der Waals surface area contributed by atoms with Crippen molar-refractivity contribution in [1.29, 1.82) is 5.41 Å². The van der Waals surface area contributed by atoms with Crippen LogP contribution in [0.4, 0.5) is 0 Å². The van der Waals surface area contributed by atoms with Crippen LogP contribution in [0.2, 0.25) is 0 Å². The van der Waals surface area contributed by atoms with Crippen LogP contribution in [-0.2, 0) is 14.4 Å². The Labute approximate surface area is 158 Å². The number of amides is 2. The maximum Gasteiger partial charge on any atom is 0.327 e. The molecule has 0 aliphatic heterocycles. The predicted octanol–water partition coefficient (Wildman–Crippen LogP) is -1.39. The SMILES string of the molecule is CC(C)C[C@H](NC(=O)[C@@H](N)CCCNC(=N)N)C(=O)N[C@H](CS)C(=O)O. The zero-order chi connectivity index (χ0) is 20.3. The second-order valence-corrected chi connectivity index (χ2v) is 6.73. The van der Waals surface area contributed by atoms with Gasteiger partial charge in [-0.1, -0.05) is 13.8 Å². The molecule has 0 aliphatic rings. The van der Waals surface area contributed by atoms with Crippen molar-refractivity contribution in [2.45, 2.75) is 51.2 Å². The van der Waals surface area contributed by atoms with Crippen LogP contribution >= 0.6 is 12.6 Å². The highest BCUT2D eigenvalue weighted by Crippen LogP contribution is 2.07. The summed E-state index contributed by atoms with van der Waals surface area (Å²) in [6.45, 7) is 4.18. The Hall–Kier alpha value is -2.01. The molecule has 0 bridgehead atoms. The van der Waals surface area contributed by atoms with E-state index in [0.29, 0.717) is 25.8 Å². The normalized spacial score (nSPS) is 14.2. The Balaban J connectivity index is 4.72. The van der Waals surface area contributed by atoms with Crippen molar-refractivity contribution in [3.63, 3.8) is 0 Å². The number of nitrogens with two attached hydrogens (primary N) is 2. The number of carboxylic acids is 1. The lowest BCUT2D eigenvalue weighted by molar-refractivity contribution is -0.141. The van der Waals surface area contributed by atoms with E-state index >= 15 is 0 Å². The van der Waals surface area contributed by atoms with Crippen LogP contribution in [-0.4, -0.2) is 59.3 Å². The van der Waals surface area contributed by atoms with Gasteiger partial charge in [0.05, 0.1) is 6.04 Å². The minimum Gasteiger partial charge on any atom is -0.480 e. The molecule has 0 fully saturated rings. The number of carboxylic acid groups (broad SMARTS) is 1. The molecule has 10 nitrogen and oxygen atoms in total. The summed E-state index contributed by atoms with van der Waals surface area (Å²) < 4.78 is 0. The molecule has 26 heavy (non-hydrogen) atoms. The maximum absolute atomic E-state index is 12.3. The van der Waals surface area contributed by atoms with E-state index in [0.717, 1.165) is 0 Å². The highest BCUT2D eigenvalue weighted by atomic mass is 32.1. The van der Waals surface area contributed by atoms with Crippen molar-refractivity contribution in [3.8, 4) is 0 Å². The fourth-order valence-electron chi connectivity index (χ4n) is 2.12. The van der Waals surface area contributed by atoms with Crippen molar-refractivity contribution in [2.75, 3.05) is 12.3 Å². The minimum atomic E-state index is -1.20. The molecule has 0 aromatic rings. The third kappa shape index (κ3) is 10.1. The molecule has 9 N–H and O–H groups in total. The van der Waals surface area contributed by atoms with Crippen molar-refractivity contribution in [2.24, 2.45) is 17.4 Å². The molecule has 0 aliphatic carbocycles. The largest absolute Gasteiger partial charge is 0.480 e. The molecule has 3 atom stereocenters. The second-order valence-electron chi connectivity index (χ2n) is 6.36. The molecule has 0 aromatic heterocycles. The average Bonchev–Trinajstić information content (AvgIpc) is 2.54. The van der Waals surface area contributed by atoms with Crippen molar-refractivity contribution in [1.82, 2.24) is 16.0 Å². The molecule has 0 aromatic carbocycles. The molecular weight excluding hydrogens is 360 g/mol. The Bertz CT molecular complexity index is 503. The predicted molar refractivity (Wildman–Crippen MR) is 102 cm³/mol. The quantitative estimate of drug-likeness (QED) is 0.0872. The molecule has 11 heteroatoms. The van der Waals surface area contributed by atoms with Gasteiger partial charge >= 0.3 is 5.97 Å². The Morgan fingerprint density at radius 2 is 1.73 bits per heavy atom. The Morgan fingerprint density at radius 1 is 1.15 bits per heavy atom. The van der Waals surface area contributed by atoms with E-state index in [-0.39, 0.29) is 17.6 Å². The zero-order valence-corrected chi connectivity index (χ0v) is 16.0. The lowest BCUT2D eigenvalue weighted by atomic mass is 10.0. The van der Waals surface area contributed by atoms with Gasteiger partial charge in [-0.05, 0) is 25.2 Å². The van der Waals surface area contributed by atoms with Crippen LogP contribution < -0.4 is 27.4 Å². The topological polar surface area (TPSA) is 183 Å². The second kappa shape index (κ2) is 12.4. The van der Waals surface area contributed by atoms with Gasteiger partial charge in [-0.3, -0.25) is 15.0 Å². The fourth-order valence-corrected chi connectivity index (χ4v) is 2.36. The van der Waals surface area contributed by atoms with E-state index in [4.69, 9.17) is 22.0 Å². The molecule has 0 saturated heterocycles. The van der Waals surface area contributed by atoms with E-state index < -0.39 is 35.9 Å². The van der Waals surface area contributed by atoms with Crippen molar-refractivity contribution < 1.29 is 19.5 Å². The number of carbonyl (C=O) groups is 3. The summed E-state index contributed by atoms with van der Waals surface area (Å²) >= 11 is 3.90. The summed E-state index contributed by atoms with van der Waals surface area (Å²) in [4.78, 5) is 35.6. The smallest absolute Gasteiger partial charge is 0.327 e. The number of hydrogen-bond acceptors (Lipinski definition) is 6. The van der Waals surface area contributed by atoms with Crippen LogP contribution in [0.5, 0.6) is 0 Å². The van der Waals surface area contributed by atoms with Gasteiger partial charge in [0.25, 0.3) is 0 Å². The third-order valence-corrected chi connectivity index (χ3v) is 3.85. The number of thiol groups is 1. The molecule has 0 saturated carbocycles. The van der Waals surface area contributed by atoms with Gasteiger partial charge in [-0.25, -0.2) is 4.79 Å². The first kappa shape index (κ1) is 24.0. The molecule has 0 heterocycles. The molecule has 0 radical (unpaired) electrons. The van der Waals surface area contributed by atoms with Crippen LogP contribution in [0.15, 0.2) is 0 Å². The van der Waals surface area contributed by atoms with Gasteiger partial charge < -0.3 is 32.5 Å². The summed E-state index contributed by atoms with van der Waals surface area (Å²) in [5.74, 6) is -2.40. The van der Waals surface area contributed by atoms with E-state index in [2.05, 4.69) is 28.6 Å². The fraction of sp³-hybridized carbons (Fsp3) is 0.733. The van der Waals surface area contributed by atoms with Gasteiger partial charge in [0, 0.05) is 12.3 Å². The van der Waals surface area contributed by atoms with E-state index in [1.807, 2.05) is 13.8 Å². The van der Waals surface area contributed by atoms with Crippen LogP contribution in [0.1, 0.15) is 33.1 Å². The van der Waals surface area contributed by atoms with Crippen LogP contribution in [0.25, 0.3) is 0 Å². The Morgan fingerprint density at radius 3 is 2.19 bits per heavy atom. The number of nitrogens with one attached hydrogen (secondary N) is 4. The average molecular weight is 391 g/mol. The van der Waals surface area contributed by atoms with Crippen LogP contribution in [0.3, 0.4) is 0 Å². The van der Waals surface area contributed by atoms with Gasteiger partial charge in [-0.15, -0.1) is 0 Å². The third-order valence-electron chi connectivity index (χ3n) is 3.48. The molecule has 150 valence electrons. The first-order valence-corrected chi connectivity index (χ1v) is 8.99. The summed E-state index contributed by atoms with van der Waals surface area (Å²) in [6.07, 6.45) is 1.21. The highest BCUT2D eigenvalue weighted by molar-refractivity contribution is 7.80.